The lowest BCUT2D eigenvalue weighted by Gasteiger charge is -2.12. The van der Waals surface area contributed by atoms with E-state index in [0.29, 0.717) is 17.1 Å². The first-order valence-corrected chi connectivity index (χ1v) is 5.90. The number of Topliss-reactive ketones (excluding diaryl/α,β-unsaturated/α-hetero) is 2. The summed E-state index contributed by atoms with van der Waals surface area (Å²) in [6.45, 7) is 0. The number of hydrogen-bond donors (Lipinski definition) is 0. The van der Waals surface area contributed by atoms with Gasteiger partial charge in [0, 0.05) is 19.8 Å². The molecule has 0 saturated carbocycles. The number of carbonyl (C=O) groups is 2. The third kappa shape index (κ3) is 3.79. The average molecular weight is 282 g/mol. The average Bonchev–Trinajstić information content (AvgIpc) is 2.47. The fourth-order valence-corrected chi connectivity index (χ4v) is 1.71. The Morgan fingerprint density at radius 1 is 1.00 bits per heavy atom. The topological polar surface area (TPSA) is 71.1 Å². The predicted molar refractivity (Wildman–Crippen MR) is 71.3 cm³/mol. The highest BCUT2D eigenvalue weighted by Gasteiger charge is 2.21. The van der Waals surface area contributed by atoms with Crippen LogP contribution in [-0.2, 0) is 14.3 Å². The summed E-state index contributed by atoms with van der Waals surface area (Å²) in [5, 5.41) is 0. The predicted octanol–water partition coefficient (Wildman–Crippen LogP) is 1.46. The van der Waals surface area contributed by atoms with Crippen LogP contribution in [0.2, 0.25) is 0 Å². The summed E-state index contributed by atoms with van der Waals surface area (Å²) in [4.78, 5) is 23.8. The summed E-state index contributed by atoms with van der Waals surface area (Å²) in [5.41, 5.74) is 0.363. The van der Waals surface area contributed by atoms with Crippen LogP contribution in [0.5, 0.6) is 11.5 Å². The number of ketones is 2. The van der Waals surface area contributed by atoms with Crippen LogP contribution in [0.15, 0.2) is 18.2 Å². The van der Waals surface area contributed by atoms with Crippen molar-refractivity contribution in [2.45, 2.75) is 12.7 Å². The molecule has 0 amide bonds. The van der Waals surface area contributed by atoms with Crippen molar-refractivity contribution in [1.29, 1.82) is 0 Å². The van der Waals surface area contributed by atoms with Crippen molar-refractivity contribution in [3.05, 3.63) is 23.8 Å². The maximum Gasteiger partial charge on any atom is 0.217 e. The zero-order valence-electron chi connectivity index (χ0n) is 12.0. The standard InChI is InChI=1S/C14H18O6/c1-17-12-6-5-9(7-13(12)18-2)10(15)8-11(16)14(19-3)20-4/h5-7,14H,8H2,1-4H3. The molecule has 1 aromatic carbocycles. The number of ether oxygens (including phenoxy) is 4. The van der Waals surface area contributed by atoms with Crippen LogP contribution in [0, 0.1) is 0 Å². The van der Waals surface area contributed by atoms with Gasteiger partial charge in [-0.1, -0.05) is 0 Å². The van der Waals surface area contributed by atoms with Crippen LogP contribution >= 0.6 is 0 Å². The minimum atomic E-state index is -1.03. The first-order valence-electron chi connectivity index (χ1n) is 5.90. The van der Waals surface area contributed by atoms with Gasteiger partial charge in [-0.2, -0.15) is 0 Å². The van der Waals surface area contributed by atoms with E-state index in [1.54, 1.807) is 12.1 Å². The van der Waals surface area contributed by atoms with Gasteiger partial charge in [0.25, 0.3) is 0 Å². The number of hydrogen-bond acceptors (Lipinski definition) is 6. The van der Waals surface area contributed by atoms with E-state index in [2.05, 4.69) is 0 Å². The summed E-state index contributed by atoms with van der Waals surface area (Å²) >= 11 is 0. The Morgan fingerprint density at radius 2 is 1.60 bits per heavy atom. The van der Waals surface area contributed by atoms with Crippen molar-refractivity contribution in [2.24, 2.45) is 0 Å². The molecule has 1 aromatic rings. The molecule has 1 rings (SSSR count). The lowest BCUT2D eigenvalue weighted by molar-refractivity contribution is -0.155. The first-order chi connectivity index (χ1) is 9.57. The van der Waals surface area contributed by atoms with Gasteiger partial charge in [0.05, 0.1) is 20.6 Å². The van der Waals surface area contributed by atoms with Crippen molar-refractivity contribution in [2.75, 3.05) is 28.4 Å². The van der Waals surface area contributed by atoms with Crippen molar-refractivity contribution >= 4 is 11.6 Å². The van der Waals surface area contributed by atoms with Gasteiger partial charge in [0.15, 0.2) is 23.1 Å². The second-order valence-electron chi connectivity index (χ2n) is 3.94. The lowest BCUT2D eigenvalue weighted by atomic mass is 10.1. The van der Waals surface area contributed by atoms with Crippen molar-refractivity contribution in [3.63, 3.8) is 0 Å². The molecule has 0 bridgehead atoms. The van der Waals surface area contributed by atoms with E-state index in [9.17, 15) is 9.59 Å². The van der Waals surface area contributed by atoms with Gasteiger partial charge >= 0.3 is 0 Å². The van der Waals surface area contributed by atoms with Gasteiger partial charge in [0.2, 0.25) is 6.29 Å². The molecular weight excluding hydrogens is 264 g/mol. The molecule has 0 aliphatic carbocycles. The third-order valence-corrected chi connectivity index (χ3v) is 2.73. The van der Waals surface area contributed by atoms with E-state index < -0.39 is 12.1 Å². The largest absolute Gasteiger partial charge is 0.493 e. The van der Waals surface area contributed by atoms with Gasteiger partial charge in [-0.25, -0.2) is 0 Å². The normalized spacial score (nSPS) is 10.4. The van der Waals surface area contributed by atoms with Crippen molar-refractivity contribution in [3.8, 4) is 11.5 Å². The molecule has 0 radical (unpaired) electrons. The Morgan fingerprint density at radius 3 is 2.10 bits per heavy atom. The van der Waals surface area contributed by atoms with E-state index in [-0.39, 0.29) is 12.2 Å². The highest BCUT2D eigenvalue weighted by Crippen LogP contribution is 2.28. The molecule has 0 heterocycles. The smallest absolute Gasteiger partial charge is 0.217 e. The van der Waals surface area contributed by atoms with Crippen LogP contribution in [0.3, 0.4) is 0 Å². The Labute approximate surface area is 117 Å². The number of rotatable bonds is 8. The summed E-state index contributed by atoms with van der Waals surface area (Å²) in [5.74, 6) is 0.174. The molecule has 6 nitrogen and oxygen atoms in total. The van der Waals surface area contributed by atoms with Gasteiger partial charge < -0.3 is 18.9 Å². The van der Waals surface area contributed by atoms with Crippen LogP contribution in [0.25, 0.3) is 0 Å². The van der Waals surface area contributed by atoms with Gasteiger partial charge in [0.1, 0.15) is 0 Å². The lowest BCUT2D eigenvalue weighted by Crippen LogP contribution is -2.27. The number of benzene rings is 1. The summed E-state index contributed by atoms with van der Waals surface area (Å²) in [6, 6.07) is 4.72. The molecule has 0 aliphatic heterocycles. The van der Waals surface area contributed by atoms with Gasteiger partial charge in [-0.15, -0.1) is 0 Å². The molecular formula is C14H18O6. The van der Waals surface area contributed by atoms with Crippen LogP contribution in [0.4, 0.5) is 0 Å². The Kier molecular flexibility index (Phi) is 6.14. The third-order valence-electron chi connectivity index (χ3n) is 2.73. The Hall–Kier alpha value is -1.92. The molecule has 0 spiro atoms. The fourth-order valence-electron chi connectivity index (χ4n) is 1.71. The molecule has 0 N–H and O–H groups in total. The van der Waals surface area contributed by atoms with Gasteiger partial charge in [-0.05, 0) is 18.2 Å². The summed E-state index contributed by atoms with van der Waals surface area (Å²) in [6.07, 6.45) is -1.33. The monoisotopic (exact) mass is 282 g/mol. The van der Waals surface area contributed by atoms with Crippen LogP contribution < -0.4 is 9.47 Å². The van der Waals surface area contributed by atoms with E-state index in [1.807, 2.05) is 0 Å². The maximum absolute atomic E-state index is 12.0. The Bertz CT molecular complexity index is 479. The second-order valence-corrected chi connectivity index (χ2v) is 3.94. The first kappa shape index (κ1) is 16.1. The molecule has 0 fully saturated rings. The SMILES string of the molecule is COc1ccc(C(=O)CC(=O)C(OC)OC)cc1OC. The van der Waals surface area contributed by atoms with E-state index in [0.717, 1.165) is 0 Å². The van der Waals surface area contributed by atoms with Crippen molar-refractivity contribution in [1.82, 2.24) is 0 Å². The second kappa shape index (κ2) is 7.62. The molecule has 0 aromatic heterocycles. The van der Waals surface area contributed by atoms with E-state index >= 15 is 0 Å². The highest BCUT2D eigenvalue weighted by molar-refractivity contribution is 6.09. The molecule has 0 atom stereocenters. The zero-order chi connectivity index (χ0) is 15.1. The minimum absolute atomic E-state index is 0.304. The van der Waals surface area contributed by atoms with Crippen molar-refractivity contribution < 1.29 is 28.5 Å². The molecule has 0 aliphatic rings. The molecule has 6 heteroatoms. The molecule has 20 heavy (non-hydrogen) atoms. The number of carbonyl (C=O) groups excluding carboxylic acids is 2. The quantitative estimate of drug-likeness (QED) is 0.408. The molecule has 0 saturated heterocycles. The Balaban J connectivity index is 2.85. The van der Waals surface area contributed by atoms with Crippen LogP contribution in [0.1, 0.15) is 16.8 Å². The fraction of sp³-hybridized carbons (Fsp3) is 0.429. The number of methoxy groups -OCH3 is 4. The summed E-state index contributed by atoms with van der Waals surface area (Å²) < 4.78 is 19.8. The molecule has 0 unspecified atom stereocenters. The zero-order valence-corrected chi connectivity index (χ0v) is 12.0. The van der Waals surface area contributed by atoms with Crippen LogP contribution in [-0.4, -0.2) is 46.3 Å². The van der Waals surface area contributed by atoms with E-state index in [4.69, 9.17) is 18.9 Å². The maximum atomic E-state index is 12.0. The highest BCUT2D eigenvalue weighted by atomic mass is 16.7. The summed E-state index contributed by atoms with van der Waals surface area (Å²) in [7, 11) is 5.66. The van der Waals surface area contributed by atoms with Gasteiger partial charge in [-0.3, -0.25) is 9.59 Å². The van der Waals surface area contributed by atoms with E-state index in [1.165, 1.54) is 34.5 Å². The molecule has 110 valence electrons. The minimum Gasteiger partial charge on any atom is -0.493 e.